The molecule has 0 unspecified atom stereocenters. The Labute approximate surface area is 125 Å². The third kappa shape index (κ3) is 2.30. The molecule has 0 spiro atoms. The number of aromatic carboxylic acids is 1. The topological polar surface area (TPSA) is 76.2 Å². The summed E-state index contributed by atoms with van der Waals surface area (Å²) in [5, 5.41) is 11.2. The van der Waals surface area contributed by atoms with Gasteiger partial charge in [0.05, 0.1) is 16.4 Å². The molecule has 5 heteroatoms. The number of carboxylic acid groups (broad SMARTS) is 1. The zero-order valence-electron chi connectivity index (χ0n) is 10.9. The fourth-order valence-electron chi connectivity index (χ4n) is 2.28. The second kappa shape index (κ2) is 5.07. The van der Waals surface area contributed by atoms with Gasteiger partial charge in [0.1, 0.15) is 0 Å². The summed E-state index contributed by atoms with van der Waals surface area (Å²) in [6.45, 7) is 0. The zero-order valence-corrected chi connectivity index (χ0v) is 11.6. The van der Waals surface area contributed by atoms with Crippen molar-refractivity contribution in [1.29, 1.82) is 0 Å². The predicted octanol–water partition coefficient (Wildman–Crippen LogP) is 3.84. The van der Waals surface area contributed by atoms with E-state index in [1.54, 1.807) is 6.07 Å². The van der Waals surface area contributed by atoms with Crippen LogP contribution in [-0.2, 0) is 0 Å². The molecule has 4 nitrogen and oxygen atoms in total. The van der Waals surface area contributed by atoms with Gasteiger partial charge in [-0.1, -0.05) is 54.1 Å². The van der Waals surface area contributed by atoms with Crippen molar-refractivity contribution in [3.8, 4) is 11.3 Å². The first-order valence-corrected chi connectivity index (χ1v) is 6.63. The van der Waals surface area contributed by atoms with Crippen LogP contribution in [0.1, 0.15) is 10.5 Å². The number of benzene rings is 2. The number of nitrogens with two attached hydrogens (primary N) is 1. The zero-order chi connectivity index (χ0) is 15.0. The highest BCUT2D eigenvalue weighted by molar-refractivity contribution is 6.35. The third-order valence-corrected chi connectivity index (χ3v) is 3.65. The van der Waals surface area contributed by atoms with E-state index in [0.29, 0.717) is 5.69 Å². The minimum Gasteiger partial charge on any atom is -0.476 e. The fourth-order valence-corrected chi connectivity index (χ4v) is 2.46. The standard InChI is InChI=1S/C16H11ClN2O2/c17-14-12(18)8-13(19-15(14)16(20)21)11-7-3-5-9-4-1-2-6-10(9)11/h1-8H,(H2,18,19)(H,20,21). The summed E-state index contributed by atoms with van der Waals surface area (Å²) in [7, 11) is 0. The maximum atomic E-state index is 11.2. The van der Waals surface area contributed by atoms with Crippen LogP contribution in [-0.4, -0.2) is 16.1 Å². The molecule has 0 amide bonds. The normalized spacial score (nSPS) is 10.7. The van der Waals surface area contributed by atoms with Gasteiger partial charge < -0.3 is 10.8 Å². The molecule has 0 aliphatic rings. The van der Waals surface area contributed by atoms with Gasteiger partial charge >= 0.3 is 5.97 Å². The van der Waals surface area contributed by atoms with E-state index in [4.69, 9.17) is 17.3 Å². The number of rotatable bonds is 2. The summed E-state index contributed by atoms with van der Waals surface area (Å²) >= 11 is 5.90. The number of nitrogens with zero attached hydrogens (tertiary/aromatic N) is 1. The van der Waals surface area contributed by atoms with Gasteiger partial charge in [-0.2, -0.15) is 0 Å². The van der Waals surface area contributed by atoms with E-state index < -0.39 is 5.97 Å². The van der Waals surface area contributed by atoms with Crippen LogP contribution in [0.25, 0.3) is 22.0 Å². The van der Waals surface area contributed by atoms with Gasteiger partial charge in [0, 0.05) is 5.56 Å². The number of nitrogen functional groups attached to an aromatic ring is 1. The number of hydrogen-bond acceptors (Lipinski definition) is 3. The Morgan fingerprint density at radius 1 is 1.14 bits per heavy atom. The number of fused-ring (bicyclic) bond motifs is 1. The number of carbonyl (C=O) groups is 1. The van der Waals surface area contributed by atoms with Crippen molar-refractivity contribution < 1.29 is 9.90 Å². The first-order chi connectivity index (χ1) is 10.1. The van der Waals surface area contributed by atoms with Crippen LogP contribution in [0.5, 0.6) is 0 Å². The number of aromatic nitrogens is 1. The molecule has 3 rings (SSSR count). The van der Waals surface area contributed by atoms with Gasteiger partial charge in [0.2, 0.25) is 0 Å². The molecule has 0 radical (unpaired) electrons. The van der Waals surface area contributed by atoms with Crippen molar-refractivity contribution in [1.82, 2.24) is 4.98 Å². The van der Waals surface area contributed by atoms with E-state index >= 15 is 0 Å². The molecule has 0 saturated heterocycles. The van der Waals surface area contributed by atoms with Crippen molar-refractivity contribution in [2.75, 3.05) is 5.73 Å². The Bertz CT molecular complexity index is 857. The van der Waals surface area contributed by atoms with Crippen LogP contribution in [0.15, 0.2) is 48.5 Å². The largest absolute Gasteiger partial charge is 0.476 e. The Morgan fingerprint density at radius 2 is 1.86 bits per heavy atom. The Hall–Kier alpha value is -2.59. The predicted molar refractivity (Wildman–Crippen MR) is 83.6 cm³/mol. The number of carboxylic acids is 1. The maximum Gasteiger partial charge on any atom is 0.356 e. The van der Waals surface area contributed by atoms with Crippen LogP contribution >= 0.6 is 11.6 Å². The van der Waals surface area contributed by atoms with Crippen LogP contribution < -0.4 is 5.73 Å². The Kier molecular flexibility index (Phi) is 3.23. The van der Waals surface area contributed by atoms with Gasteiger partial charge in [-0.3, -0.25) is 0 Å². The Balaban J connectivity index is 2.31. The van der Waals surface area contributed by atoms with Gasteiger partial charge in [-0.15, -0.1) is 0 Å². The lowest BCUT2D eigenvalue weighted by molar-refractivity contribution is 0.0691. The van der Waals surface area contributed by atoms with Crippen molar-refractivity contribution in [3.05, 3.63) is 59.2 Å². The highest BCUT2D eigenvalue weighted by atomic mass is 35.5. The smallest absolute Gasteiger partial charge is 0.356 e. The van der Waals surface area contributed by atoms with E-state index in [-0.39, 0.29) is 16.4 Å². The van der Waals surface area contributed by atoms with Crippen molar-refractivity contribution in [3.63, 3.8) is 0 Å². The SMILES string of the molecule is Nc1cc(-c2cccc3ccccc23)nc(C(=O)O)c1Cl. The molecular weight excluding hydrogens is 288 g/mol. The number of halogens is 1. The van der Waals surface area contributed by atoms with E-state index in [1.165, 1.54) is 0 Å². The summed E-state index contributed by atoms with van der Waals surface area (Å²) in [4.78, 5) is 15.4. The van der Waals surface area contributed by atoms with Gasteiger partial charge in [-0.05, 0) is 16.8 Å². The summed E-state index contributed by atoms with van der Waals surface area (Å²) in [6.07, 6.45) is 0. The van der Waals surface area contributed by atoms with Crippen molar-refractivity contribution in [2.45, 2.75) is 0 Å². The van der Waals surface area contributed by atoms with Crippen LogP contribution in [0.3, 0.4) is 0 Å². The molecule has 0 fully saturated rings. The molecule has 0 atom stereocenters. The lowest BCUT2D eigenvalue weighted by atomic mass is 10.0. The molecular formula is C16H11ClN2O2. The van der Waals surface area contributed by atoms with Crippen LogP contribution in [0.4, 0.5) is 5.69 Å². The average molecular weight is 299 g/mol. The Morgan fingerprint density at radius 3 is 2.62 bits per heavy atom. The second-order valence-electron chi connectivity index (χ2n) is 4.59. The molecule has 0 saturated carbocycles. The van der Waals surface area contributed by atoms with E-state index in [0.717, 1.165) is 16.3 Å². The first kappa shape index (κ1) is 13.4. The van der Waals surface area contributed by atoms with Crippen LogP contribution in [0.2, 0.25) is 5.02 Å². The average Bonchev–Trinajstić information content (AvgIpc) is 2.49. The molecule has 21 heavy (non-hydrogen) atoms. The van der Waals surface area contributed by atoms with E-state index in [9.17, 15) is 9.90 Å². The third-order valence-electron chi connectivity index (χ3n) is 3.25. The maximum absolute atomic E-state index is 11.2. The number of hydrogen-bond donors (Lipinski definition) is 2. The molecule has 0 aliphatic heterocycles. The summed E-state index contributed by atoms with van der Waals surface area (Å²) in [5.41, 5.74) is 7.08. The fraction of sp³-hybridized carbons (Fsp3) is 0. The van der Waals surface area contributed by atoms with Gasteiger partial charge in [0.25, 0.3) is 0 Å². The highest BCUT2D eigenvalue weighted by Crippen LogP contribution is 2.32. The molecule has 104 valence electrons. The molecule has 0 aliphatic carbocycles. The molecule has 1 heterocycles. The lowest BCUT2D eigenvalue weighted by Crippen LogP contribution is -2.05. The summed E-state index contributed by atoms with van der Waals surface area (Å²) < 4.78 is 0. The van der Waals surface area contributed by atoms with Gasteiger partial charge in [0.15, 0.2) is 5.69 Å². The number of anilines is 1. The minimum atomic E-state index is -1.20. The van der Waals surface area contributed by atoms with Gasteiger partial charge in [-0.25, -0.2) is 9.78 Å². The lowest BCUT2D eigenvalue weighted by Gasteiger charge is -2.09. The monoisotopic (exact) mass is 298 g/mol. The number of pyridine rings is 1. The first-order valence-electron chi connectivity index (χ1n) is 6.25. The van der Waals surface area contributed by atoms with Crippen molar-refractivity contribution in [2.24, 2.45) is 0 Å². The summed E-state index contributed by atoms with van der Waals surface area (Å²) in [6, 6.07) is 15.1. The molecule has 2 aromatic carbocycles. The van der Waals surface area contributed by atoms with Crippen LogP contribution in [0, 0.1) is 0 Å². The molecule has 0 bridgehead atoms. The van der Waals surface area contributed by atoms with E-state index in [1.807, 2.05) is 42.5 Å². The molecule has 3 aromatic rings. The van der Waals surface area contributed by atoms with Crippen molar-refractivity contribution >= 4 is 34.0 Å². The van der Waals surface area contributed by atoms with E-state index in [2.05, 4.69) is 4.98 Å². The second-order valence-corrected chi connectivity index (χ2v) is 4.97. The highest BCUT2D eigenvalue weighted by Gasteiger charge is 2.16. The molecule has 1 aromatic heterocycles. The summed E-state index contributed by atoms with van der Waals surface area (Å²) in [5.74, 6) is -1.20. The molecule has 3 N–H and O–H groups in total. The quantitative estimate of drug-likeness (QED) is 0.753. The minimum absolute atomic E-state index is 0.0357.